The number of hydrogen-bond donors (Lipinski definition) is 3. The molecule has 7 heteroatoms. The van der Waals surface area contributed by atoms with Gasteiger partial charge in [0, 0.05) is 5.56 Å². The molecule has 0 saturated carbocycles. The van der Waals surface area contributed by atoms with Crippen molar-refractivity contribution >= 4 is 17.3 Å². The number of fused-ring (bicyclic) bond motifs is 2. The third kappa shape index (κ3) is 1.86. The molecule has 0 amide bonds. The number of ketones is 3. The number of phenolic OH excluding ortho intramolecular Hbond substituents is 1. The first-order valence-corrected chi connectivity index (χ1v) is 6.70. The van der Waals surface area contributed by atoms with E-state index in [-0.39, 0.29) is 16.9 Å². The Morgan fingerprint density at radius 2 is 1.78 bits per heavy atom. The number of ether oxygens (including phenoxy) is 1. The summed E-state index contributed by atoms with van der Waals surface area (Å²) in [5, 5.41) is 28.9. The van der Waals surface area contributed by atoms with Crippen molar-refractivity contribution in [2.75, 3.05) is 7.11 Å². The van der Waals surface area contributed by atoms with Crippen molar-refractivity contribution in [3.8, 4) is 11.5 Å². The van der Waals surface area contributed by atoms with Gasteiger partial charge in [0.05, 0.1) is 36.3 Å². The van der Waals surface area contributed by atoms with Gasteiger partial charge in [0.2, 0.25) is 0 Å². The number of phenols is 1. The van der Waals surface area contributed by atoms with Crippen molar-refractivity contribution < 1.29 is 34.4 Å². The van der Waals surface area contributed by atoms with Crippen LogP contribution >= 0.6 is 0 Å². The molecule has 3 rings (SSSR count). The van der Waals surface area contributed by atoms with Crippen LogP contribution in [0.1, 0.15) is 20.7 Å². The first-order valence-electron chi connectivity index (χ1n) is 6.70. The van der Waals surface area contributed by atoms with E-state index in [9.17, 15) is 24.6 Å². The van der Waals surface area contributed by atoms with Gasteiger partial charge in [-0.3, -0.25) is 14.4 Å². The molecule has 23 heavy (non-hydrogen) atoms. The van der Waals surface area contributed by atoms with Crippen LogP contribution in [0, 0.1) is 11.8 Å². The zero-order valence-electron chi connectivity index (χ0n) is 11.9. The summed E-state index contributed by atoms with van der Waals surface area (Å²) in [5.41, 5.74) is -0.743. The Hall–Kier alpha value is -3.09. The van der Waals surface area contributed by atoms with Crippen LogP contribution in [0.2, 0.25) is 0 Å². The minimum Gasteiger partial charge on any atom is -0.515 e. The van der Waals surface area contributed by atoms with Crippen LogP contribution in [0.15, 0.2) is 35.8 Å². The number of aromatic hydroxyl groups is 1. The Morgan fingerprint density at radius 1 is 1.09 bits per heavy atom. The summed E-state index contributed by atoms with van der Waals surface area (Å²) < 4.78 is 4.92. The summed E-state index contributed by atoms with van der Waals surface area (Å²) in [6.07, 6.45) is 1.44. The highest BCUT2D eigenvalue weighted by Gasteiger charge is 2.49. The van der Waals surface area contributed by atoms with Crippen LogP contribution in [0.4, 0.5) is 0 Å². The summed E-state index contributed by atoms with van der Waals surface area (Å²) in [7, 11) is 1.30. The second kappa shape index (κ2) is 4.98. The van der Waals surface area contributed by atoms with Crippen molar-refractivity contribution in [3.63, 3.8) is 0 Å². The molecule has 0 heterocycles. The molecule has 2 unspecified atom stereocenters. The summed E-state index contributed by atoms with van der Waals surface area (Å²) in [4.78, 5) is 37.5. The maximum atomic E-state index is 12.6. The first-order chi connectivity index (χ1) is 10.9. The second-order valence-corrected chi connectivity index (χ2v) is 5.23. The van der Waals surface area contributed by atoms with Crippen LogP contribution in [-0.2, 0) is 4.79 Å². The second-order valence-electron chi connectivity index (χ2n) is 5.23. The topological polar surface area (TPSA) is 121 Å². The highest BCUT2D eigenvalue weighted by Crippen LogP contribution is 2.43. The molecule has 2 atom stereocenters. The normalized spacial score (nSPS) is 25.0. The molecule has 0 bridgehead atoms. The minimum absolute atomic E-state index is 0.0228. The molecule has 0 spiro atoms. The summed E-state index contributed by atoms with van der Waals surface area (Å²) in [6, 6.07) is 2.63. The van der Waals surface area contributed by atoms with Gasteiger partial charge in [-0.25, -0.2) is 0 Å². The van der Waals surface area contributed by atoms with Crippen LogP contribution in [0.25, 0.3) is 0 Å². The van der Waals surface area contributed by atoms with Crippen LogP contribution < -0.4 is 4.74 Å². The Bertz CT molecular complexity index is 816. The average molecular weight is 316 g/mol. The van der Waals surface area contributed by atoms with Crippen molar-refractivity contribution in [1.29, 1.82) is 0 Å². The molecule has 0 radical (unpaired) electrons. The lowest BCUT2D eigenvalue weighted by Gasteiger charge is -2.31. The lowest BCUT2D eigenvalue weighted by molar-refractivity contribution is -0.119. The lowest BCUT2D eigenvalue weighted by atomic mass is 9.68. The van der Waals surface area contributed by atoms with Gasteiger partial charge >= 0.3 is 0 Å². The molecule has 118 valence electrons. The molecule has 7 nitrogen and oxygen atoms in total. The van der Waals surface area contributed by atoms with E-state index in [0.29, 0.717) is 6.26 Å². The molecule has 3 N–H and O–H groups in total. The van der Waals surface area contributed by atoms with Crippen LogP contribution in [0.3, 0.4) is 0 Å². The highest BCUT2D eigenvalue weighted by molar-refractivity contribution is 6.28. The van der Waals surface area contributed by atoms with Crippen molar-refractivity contribution in [3.05, 3.63) is 46.9 Å². The molecular formula is C16H12O7. The number of aliphatic hydroxyl groups excluding tert-OH is 2. The number of aliphatic hydroxyl groups is 2. The van der Waals surface area contributed by atoms with E-state index in [1.165, 1.54) is 19.2 Å². The molecule has 1 aromatic rings. The molecule has 0 saturated heterocycles. The monoisotopic (exact) mass is 316 g/mol. The number of methoxy groups -OCH3 is 1. The smallest absolute Gasteiger partial charge is 0.181 e. The molecule has 0 fully saturated rings. The maximum absolute atomic E-state index is 12.6. The lowest BCUT2D eigenvalue weighted by Crippen LogP contribution is -2.43. The van der Waals surface area contributed by atoms with Gasteiger partial charge in [0.15, 0.2) is 28.8 Å². The molecule has 0 aliphatic heterocycles. The van der Waals surface area contributed by atoms with Gasteiger partial charge in [-0.05, 0) is 18.2 Å². The fraction of sp³-hybridized carbons (Fsp3) is 0.188. The van der Waals surface area contributed by atoms with Crippen molar-refractivity contribution in [2.45, 2.75) is 0 Å². The zero-order chi connectivity index (χ0) is 16.9. The van der Waals surface area contributed by atoms with Gasteiger partial charge in [-0.1, -0.05) is 0 Å². The quantitative estimate of drug-likeness (QED) is 0.407. The van der Waals surface area contributed by atoms with Gasteiger partial charge in [0.1, 0.15) is 5.76 Å². The van der Waals surface area contributed by atoms with E-state index in [0.717, 1.165) is 6.08 Å². The standard InChI is InChI=1S/C16H12O7/c1-23-10-3-2-6-11(16(10)22)14(20)7-4-9(18)8(5-17)15(21)12(7)13(6)19/h2-5,7,12,17-18,22H,1H3/b8-5+. The largest absolute Gasteiger partial charge is 0.515 e. The van der Waals surface area contributed by atoms with E-state index >= 15 is 0 Å². The van der Waals surface area contributed by atoms with Crippen molar-refractivity contribution in [2.24, 2.45) is 11.8 Å². The third-order valence-electron chi connectivity index (χ3n) is 4.11. The highest BCUT2D eigenvalue weighted by atomic mass is 16.5. The predicted molar refractivity (Wildman–Crippen MR) is 76.7 cm³/mol. The Kier molecular flexibility index (Phi) is 3.21. The fourth-order valence-corrected chi connectivity index (χ4v) is 2.98. The fourth-order valence-electron chi connectivity index (χ4n) is 2.98. The number of benzene rings is 1. The number of allylic oxidation sites excluding steroid dienone is 2. The van der Waals surface area contributed by atoms with E-state index in [2.05, 4.69) is 0 Å². The predicted octanol–water partition coefficient (Wildman–Crippen LogP) is 1.48. The van der Waals surface area contributed by atoms with Crippen molar-refractivity contribution in [1.82, 2.24) is 0 Å². The van der Waals surface area contributed by atoms with E-state index in [4.69, 9.17) is 9.84 Å². The number of rotatable bonds is 1. The van der Waals surface area contributed by atoms with Gasteiger partial charge < -0.3 is 20.1 Å². The van der Waals surface area contributed by atoms with Gasteiger partial charge in [0.25, 0.3) is 0 Å². The number of carbonyl (C=O) groups is 3. The molecule has 1 aromatic carbocycles. The minimum atomic E-state index is -1.36. The van der Waals surface area contributed by atoms with E-state index in [1.54, 1.807) is 0 Å². The van der Waals surface area contributed by atoms with Gasteiger partial charge in [-0.15, -0.1) is 0 Å². The third-order valence-corrected chi connectivity index (χ3v) is 4.11. The maximum Gasteiger partial charge on any atom is 0.181 e. The molecule has 0 aromatic heterocycles. The number of carbonyl (C=O) groups excluding carboxylic acids is 3. The van der Waals surface area contributed by atoms with Crippen LogP contribution in [-0.4, -0.2) is 39.8 Å². The summed E-state index contributed by atoms with van der Waals surface area (Å²) >= 11 is 0. The molecular weight excluding hydrogens is 304 g/mol. The summed E-state index contributed by atoms with van der Waals surface area (Å²) in [5.74, 6) is -5.79. The van der Waals surface area contributed by atoms with E-state index in [1.807, 2.05) is 0 Å². The number of Topliss-reactive ketones (excluding diaryl/α,β-unsaturated/α-hetero) is 3. The molecule has 2 aliphatic rings. The Morgan fingerprint density at radius 3 is 2.39 bits per heavy atom. The van der Waals surface area contributed by atoms with E-state index < -0.39 is 46.3 Å². The first kappa shape index (κ1) is 14.8. The Labute approximate surface area is 130 Å². The van der Waals surface area contributed by atoms with Crippen LogP contribution in [0.5, 0.6) is 11.5 Å². The summed E-state index contributed by atoms with van der Waals surface area (Å²) in [6.45, 7) is 0. The van der Waals surface area contributed by atoms with Gasteiger partial charge in [-0.2, -0.15) is 0 Å². The zero-order valence-corrected chi connectivity index (χ0v) is 11.9. The average Bonchev–Trinajstić information content (AvgIpc) is 2.52. The number of hydrogen-bond acceptors (Lipinski definition) is 7. The molecule has 2 aliphatic carbocycles. The Balaban J connectivity index is 2.25. The SMILES string of the molecule is COc1ccc2c(c1O)C(=O)C1C=C(O)/C(=C\O)C(=O)C1C2=O.